The fourth-order valence-corrected chi connectivity index (χ4v) is 4.96. The van der Waals surface area contributed by atoms with Crippen molar-refractivity contribution in [2.24, 2.45) is 0 Å². The number of methoxy groups -OCH3 is 1. The van der Waals surface area contributed by atoms with Crippen LogP contribution in [0.3, 0.4) is 0 Å². The molecule has 11 heteroatoms. The van der Waals surface area contributed by atoms with Crippen LogP contribution in [0.4, 0.5) is 4.39 Å². The van der Waals surface area contributed by atoms with Gasteiger partial charge in [0.05, 0.1) is 13.2 Å². The molecule has 1 atom stereocenters. The second kappa shape index (κ2) is 10.3. The molecule has 3 aliphatic rings. The standard InChI is InChI=1S/C26H28FN3O7/c1-34-13-10-28-23(31)20-15-37-26(30(20)25(33)17-2-5-19(27)6-3-17)8-11-29(12-9-26)24(32)18-4-7-21-22(14-18)36-16-35-21/h2-7,14,20H,8-13,15-16H2,1H3,(H,28,31). The van der Waals surface area contributed by atoms with E-state index in [-0.39, 0.29) is 37.3 Å². The highest BCUT2D eigenvalue weighted by Gasteiger charge is 2.54. The van der Waals surface area contributed by atoms with E-state index in [1.807, 2.05) is 0 Å². The van der Waals surface area contributed by atoms with E-state index in [4.69, 9.17) is 18.9 Å². The SMILES string of the molecule is COCCNC(=O)C1COC2(CCN(C(=O)c3ccc4c(c3)OCO4)CC2)N1C(=O)c1ccc(F)cc1. The van der Waals surface area contributed by atoms with Gasteiger partial charge in [-0.25, -0.2) is 4.39 Å². The average molecular weight is 514 g/mol. The number of carbonyl (C=O) groups is 3. The number of benzene rings is 2. The van der Waals surface area contributed by atoms with E-state index in [0.29, 0.717) is 49.6 Å². The van der Waals surface area contributed by atoms with Gasteiger partial charge < -0.3 is 29.2 Å². The van der Waals surface area contributed by atoms with E-state index >= 15 is 0 Å². The number of halogens is 1. The smallest absolute Gasteiger partial charge is 0.256 e. The van der Waals surface area contributed by atoms with Gasteiger partial charge in [-0.3, -0.25) is 19.3 Å². The molecule has 2 aromatic rings. The van der Waals surface area contributed by atoms with Crippen molar-refractivity contribution < 1.29 is 37.7 Å². The summed E-state index contributed by atoms with van der Waals surface area (Å²) in [5, 5.41) is 2.78. The van der Waals surface area contributed by atoms with Gasteiger partial charge in [0.1, 0.15) is 17.6 Å². The minimum atomic E-state index is -1.07. The Morgan fingerprint density at radius 3 is 2.46 bits per heavy atom. The fourth-order valence-electron chi connectivity index (χ4n) is 4.96. The first-order valence-corrected chi connectivity index (χ1v) is 12.1. The molecular weight excluding hydrogens is 485 g/mol. The third-order valence-electron chi connectivity index (χ3n) is 6.93. The molecule has 196 valence electrons. The summed E-state index contributed by atoms with van der Waals surface area (Å²) in [6.07, 6.45) is 0.635. The number of fused-ring (bicyclic) bond motifs is 1. The van der Waals surface area contributed by atoms with Gasteiger partial charge >= 0.3 is 0 Å². The Morgan fingerprint density at radius 2 is 1.73 bits per heavy atom. The highest BCUT2D eigenvalue weighted by Crippen LogP contribution is 2.39. The lowest BCUT2D eigenvalue weighted by atomic mass is 9.96. The molecule has 0 bridgehead atoms. The van der Waals surface area contributed by atoms with E-state index in [2.05, 4.69) is 5.32 Å². The zero-order chi connectivity index (χ0) is 26.0. The highest BCUT2D eigenvalue weighted by molar-refractivity contribution is 5.98. The summed E-state index contributed by atoms with van der Waals surface area (Å²) in [7, 11) is 1.53. The van der Waals surface area contributed by atoms with Crippen molar-refractivity contribution in [3.63, 3.8) is 0 Å². The van der Waals surface area contributed by atoms with Gasteiger partial charge in [0.2, 0.25) is 12.7 Å². The maximum Gasteiger partial charge on any atom is 0.256 e. The Hall–Kier alpha value is -3.70. The average Bonchev–Trinajstić information content (AvgIpc) is 3.53. The second-order valence-corrected chi connectivity index (χ2v) is 9.10. The number of likely N-dealkylation sites (tertiary alicyclic amines) is 1. The van der Waals surface area contributed by atoms with Gasteiger partial charge in [0.25, 0.3) is 11.8 Å². The maximum atomic E-state index is 13.6. The van der Waals surface area contributed by atoms with Crippen molar-refractivity contribution in [3.05, 3.63) is 59.4 Å². The number of hydrogen-bond acceptors (Lipinski definition) is 7. The molecule has 0 aromatic heterocycles. The van der Waals surface area contributed by atoms with Crippen LogP contribution in [-0.2, 0) is 14.3 Å². The van der Waals surface area contributed by atoms with Gasteiger partial charge in [-0.1, -0.05) is 0 Å². The summed E-state index contributed by atoms with van der Waals surface area (Å²) in [4.78, 5) is 43.0. The normalized spacial score (nSPS) is 19.8. The van der Waals surface area contributed by atoms with Gasteiger partial charge in [0.15, 0.2) is 11.5 Å². The number of carbonyl (C=O) groups excluding carboxylic acids is 3. The topological polar surface area (TPSA) is 107 Å². The molecule has 1 N–H and O–H groups in total. The first-order chi connectivity index (χ1) is 17.9. The molecule has 3 aliphatic heterocycles. The monoisotopic (exact) mass is 513 g/mol. The van der Waals surface area contributed by atoms with Crippen LogP contribution < -0.4 is 14.8 Å². The molecule has 10 nitrogen and oxygen atoms in total. The number of ether oxygens (including phenoxy) is 4. The van der Waals surface area contributed by atoms with Crippen LogP contribution in [0.1, 0.15) is 33.6 Å². The number of hydrogen-bond donors (Lipinski definition) is 1. The summed E-state index contributed by atoms with van der Waals surface area (Å²) in [6, 6.07) is 9.38. The van der Waals surface area contributed by atoms with E-state index in [9.17, 15) is 18.8 Å². The van der Waals surface area contributed by atoms with E-state index in [0.717, 1.165) is 0 Å². The van der Waals surface area contributed by atoms with Crippen LogP contribution in [0.15, 0.2) is 42.5 Å². The molecule has 1 spiro atoms. The number of nitrogens with zero attached hydrogens (tertiary/aromatic N) is 2. The molecule has 5 rings (SSSR count). The quantitative estimate of drug-likeness (QED) is 0.587. The van der Waals surface area contributed by atoms with E-state index < -0.39 is 23.5 Å². The lowest BCUT2D eigenvalue weighted by molar-refractivity contribution is -0.128. The Labute approximate surface area is 213 Å². The van der Waals surface area contributed by atoms with Crippen LogP contribution >= 0.6 is 0 Å². The minimum Gasteiger partial charge on any atom is -0.454 e. The molecule has 3 heterocycles. The Bertz CT molecular complexity index is 1180. The van der Waals surface area contributed by atoms with Crippen molar-refractivity contribution in [2.45, 2.75) is 24.6 Å². The molecule has 2 saturated heterocycles. The predicted octanol–water partition coefficient (Wildman–Crippen LogP) is 1.79. The third kappa shape index (κ3) is 4.84. The second-order valence-electron chi connectivity index (χ2n) is 9.10. The van der Waals surface area contributed by atoms with Crippen molar-refractivity contribution >= 4 is 17.7 Å². The van der Waals surface area contributed by atoms with Crippen molar-refractivity contribution in [1.82, 2.24) is 15.1 Å². The van der Waals surface area contributed by atoms with E-state index in [1.165, 1.54) is 36.3 Å². The molecule has 0 radical (unpaired) electrons. The number of amides is 3. The predicted molar refractivity (Wildman–Crippen MR) is 128 cm³/mol. The number of nitrogens with one attached hydrogen (secondary N) is 1. The highest BCUT2D eigenvalue weighted by atomic mass is 19.1. The molecule has 0 saturated carbocycles. The molecule has 2 aromatic carbocycles. The maximum absolute atomic E-state index is 13.6. The molecular formula is C26H28FN3O7. The largest absolute Gasteiger partial charge is 0.454 e. The van der Waals surface area contributed by atoms with Gasteiger partial charge in [-0.05, 0) is 42.5 Å². The van der Waals surface area contributed by atoms with Crippen LogP contribution in [0, 0.1) is 5.82 Å². The van der Waals surface area contributed by atoms with Crippen LogP contribution in [0.25, 0.3) is 0 Å². The Kier molecular flexibility index (Phi) is 6.98. The van der Waals surface area contributed by atoms with E-state index in [1.54, 1.807) is 23.1 Å². The van der Waals surface area contributed by atoms with Crippen molar-refractivity contribution in [2.75, 3.05) is 46.8 Å². The summed E-state index contributed by atoms with van der Waals surface area (Å²) >= 11 is 0. The summed E-state index contributed by atoms with van der Waals surface area (Å²) in [5.74, 6) is -0.303. The number of piperidine rings is 1. The molecule has 37 heavy (non-hydrogen) atoms. The first kappa shape index (κ1) is 25.0. The summed E-state index contributed by atoms with van der Waals surface area (Å²) < 4.78 is 35.4. The zero-order valence-electron chi connectivity index (χ0n) is 20.4. The van der Waals surface area contributed by atoms with Crippen LogP contribution in [0.5, 0.6) is 11.5 Å². The Morgan fingerprint density at radius 1 is 1.03 bits per heavy atom. The number of rotatable bonds is 6. The molecule has 0 aliphatic carbocycles. The van der Waals surface area contributed by atoms with Crippen molar-refractivity contribution in [1.29, 1.82) is 0 Å². The van der Waals surface area contributed by atoms with Crippen LogP contribution in [-0.4, -0.2) is 86.0 Å². The minimum absolute atomic E-state index is 0.0157. The Balaban J connectivity index is 1.34. The van der Waals surface area contributed by atoms with Gasteiger partial charge in [0, 0.05) is 50.7 Å². The van der Waals surface area contributed by atoms with Gasteiger partial charge in [-0.15, -0.1) is 0 Å². The van der Waals surface area contributed by atoms with Crippen LogP contribution in [0.2, 0.25) is 0 Å². The van der Waals surface area contributed by atoms with Crippen molar-refractivity contribution in [3.8, 4) is 11.5 Å². The third-order valence-corrected chi connectivity index (χ3v) is 6.93. The summed E-state index contributed by atoms with van der Waals surface area (Å²) in [5.41, 5.74) is -0.345. The first-order valence-electron chi connectivity index (χ1n) is 12.1. The van der Waals surface area contributed by atoms with Gasteiger partial charge in [-0.2, -0.15) is 0 Å². The molecule has 3 amide bonds. The lowest BCUT2D eigenvalue weighted by Gasteiger charge is -2.44. The zero-order valence-corrected chi connectivity index (χ0v) is 20.4. The lowest BCUT2D eigenvalue weighted by Crippen LogP contribution is -2.60. The molecule has 2 fully saturated rings. The summed E-state index contributed by atoms with van der Waals surface area (Å²) in [6.45, 7) is 1.38. The fraction of sp³-hybridized carbons (Fsp3) is 0.423. The molecule has 1 unspecified atom stereocenters.